The summed E-state index contributed by atoms with van der Waals surface area (Å²) < 4.78 is 4.81. The minimum atomic E-state index is 0.0746. The summed E-state index contributed by atoms with van der Waals surface area (Å²) in [6, 6.07) is 9.36. The van der Waals surface area contributed by atoms with Crippen molar-refractivity contribution in [2.24, 2.45) is 4.99 Å². The second-order valence-corrected chi connectivity index (χ2v) is 6.19. The van der Waals surface area contributed by atoms with Gasteiger partial charge in [0.25, 0.3) is 0 Å². The van der Waals surface area contributed by atoms with Crippen LogP contribution in [0.5, 0.6) is 0 Å². The predicted octanol–water partition coefficient (Wildman–Crippen LogP) is 1.75. The number of carbonyl (C=O) groups excluding carboxylic acids is 1. The first-order chi connectivity index (χ1) is 12.2. The highest BCUT2D eigenvalue weighted by Crippen LogP contribution is 2.13. The third kappa shape index (κ3) is 4.51. The van der Waals surface area contributed by atoms with E-state index >= 15 is 0 Å². The number of hydrogen-bond acceptors (Lipinski definition) is 4. The van der Waals surface area contributed by atoms with E-state index in [-0.39, 0.29) is 5.91 Å². The number of nitrogens with zero attached hydrogens (tertiary/aromatic N) is 4. The molecule has 1 aliphatic heterocycles. The predicted molar refractivity (Wildman–Crippen MR) is 95.1 cm³/mol. The Morgan fingerprint density at radius 3 is 2.76 bits per heavy atom. The van der Waals surface area contributed by atoms with Gasteiger partial charge in [0.15, 0.2) is 5.96 Å². The van der Waals surface area contributed by atoms with Gasteiger partial charge in [-0.05, 0) is 17.7 Å². The van der Waals surface area contributed by atoms with E-state index in [1.807, 2.05) is 34.1 Å². The number of nitrogens with one attached hydrogen (secondary N) is 1. The maximum absolute atomic E-state index is 12.5. The van der Waals surface area contributed by atoms with Gasteiger partial charge in [0, 0.05) is 37.8 Å². The van der Waals surface area contributed by atoms with Crippen LogP contribution in [0.25, 0.3) is 0 Å². The van der Waals surface area contributed by atoms with Crippen molar-refractivity contribution in [2.45, 2.75) is 13.1 Å². The number of guanidine groups is 1. The number of aromatic nitrogens is 1. The molecular weight excluding hydrogens is 342 g/mol. The Bertz CT molecular complexity index is 730. The van der Waals surface area contributed by atoms with Gasteiger partial charge in [0.1, 0.15) is 12.0 Å². The molecule has 0 radical (unpaired) electrons. The number of halogens is 1. The number of aliphatic imine (C=N–C) groups is 1. The topological polar surface area (TPSA) is 74.0 Å². The van der Waals surface area contributed by atoms with Crippen LogP contribution in [0.1, 0.15) is 11.3 Å². The minimum absolute atomic E-state index is 0.0746. The number of amides is 1. The largest absolute Gasteiger partial charge is 0.364 e. The summed E-state index contributed by atoms with van der Waals surface area (Å²) in [7, 11) is 1.70. The summed E-state index contributed by atoms with van der Waals surface area (Å²) in [5.41, 5.74) is 1.86. The van der Waals surface area contributed by atoms with Gasteiger partial charge in [-0.15, -0.1) is 0 Å². The third-order valence-electron chi connectivity index (χ3n) is 4.04. The number of hydrogen-bond donors (Lipinski definition) is 1. The van der Waals surface area contributed by atoms with Crippen molar-refractivity contribution in [2.75, 3.05) is 26.7 Å². The Labute approximate surface area is 151 Å². The van der Waals surface area contributed by atoms with Crippen molar-refractivity contribution in [3.05, 3.63) is 52.9 Å². The smallest absolute Gasteiger partial charge is 0.242 e. The summed E-state index contributed by atoms with van der Waals surface area (Å²) in [6.45, 7) is 2.76. The van der Waals surface area contributed by atoms with Gasteiger partial charge in [0.05, 0.1) is 13.1 Å². The Kier molecular flexibility index (Phi) is 5.55. The molecule has 1 aliphatic rings. The molecule has 2 aromatic rings. The van der Waals surface area contributed by atoms with Crippen LogP contribution in [-0.2, 0) is 17.9 Å². The van der Waals surface area contributed by atoms with Crippen LogP contribution in [0.15, 0.2) is 46.1 Å². The highest BCUT2D eigenvalue weighted by atomic mass is 35.5. The van der Waals surface area contributed by atoms with Crippen LogP contribution in [0, 0.1) is 0 Å². The summed E-state index contributed by atoms with van der Waals surface area (Å²) in [5.74, 6) is 0.757. The summed E-state index contributed by atoms with van der Waals surface area (Å²) in [6.07, 6.45) is 1.53. The molecule has 1 saturated heterocycles. The van der Waals surface area contributed by atoms with E-state index in [2.05, 4.69) is 15.5 Å². The van der Waals surface area contributed by atoms with Crippen LogP contribution < -0.4 is 5.32 Å². The zero-order valence-corrected chi connectivity index (χ0v) is 14.7. The second kappa shape index (κ2) is 8.02. The quantitative estimate of drug-likeness (QED) is 0.663. The molecule has 2 heterocycles. The van der Waals surface area contributed by atoms with Crippen molar-refractivity contribution in [3.8, 4) is 0 Å². The third-order valence-corrected chi connectivity index (χ3v) is 4.29. The van der Waals surface area contributed by atoms with Crippen LogP contribution in [0.3, 0.4) is 0 Å². The Hall–Kier alpha value is -2.54. The highest BCUT2D eigenvalue weighted by Gasteiger charge is 2.26. The zero-order valence-electron chi connectivity index (χ0n) is 14.0. The Balaban J connectivity index is 1.54. The van der Waals surface area contributed by atoms with E-state index in [0.717, 1.165) is 17.8 Å². The standard InChI is InChI=1S/C17H20ClN5O2/c1-19-17(20-10-15-6-9-25-21-15)23-8-7-22(16(24)12-23)11-13-2-4-14(18)5-3-13/h2-6,9H,7-8,10-12H2,1H3,(H,19,20). The fraction of sp³-hybridized carbons (Fsp3) is 0.353. The molecule has 0 aliphatic carbocycles. The first kappa shape index (κ1) is 17.3. The molecular formula is C17H20ClN5O2. The molecule has 0 saturated carbocycles. The lowest BCUT2D eigenvalue weighted by molar-refractivity contribution is -0.135. The van der Waals surface area contributed by atoms with E-state index in [4.69, 9.17) is 16.1 Å². The lowest BCUT2D eigenvalue weighted by Crippen LogP contribution is -2.54. The van der Waals surface area contributed by atoms with Crippen LogP contribution >= 0.6 is 11.6 Å². The van der Waals surface area contributed by atoms with E-state index in [1.54, 1.807) is 13.1 Å². The first-order valence-electron chi connectivity index (χ1n) is 8.03. The van der Waals surface area contributed by atoms with E-state index in [9.17, 15) is 4.79 Å². The van der Waals surface area contributed by atoms with Crippen LogP contribution in [-0.4, -0.2) is 53.5 Å². The lowest BCUT2D eigenvalue weighted by Gasteiger charge is -2.36. The first-order valence-corrected chi connectivity index (χ1v) is 8.40. The molecule has 0 spiro atoms. The number of rotatable bonds is 4. The molecule has 1 aromatic carbocycles. The van der Waals surface area contributed by atoms with Gasteiger partial charge in [-0.3, -0.25) is 9.79 Å². The SMILES string of the molecule is CN=C(NCc1ccon1)N1CCN(Cc2ccc(Cl)cc2)C(=O)C1. The average molecular weight is 362 g/mol. The molecule has 0 bridgehead atoms. The van der Waals surface area contributed by atoms with E-state index < -0.39 is 0 Å². The maximum atomic E-state index is 12.5. The summed E-state index contributed by atoms with van der Waals surface area (Å²) >= 11 is 5.90. The molecule has 1 amide bonds. The highest BCUT2D eigenvalue weighted by molar-refractivity contribution is 6.30. The molecule has 1 N–H and O–H groups in total. The molecule has 0 unspecified atom stereocenters. The fourth-order valence-electron chi connectivity index (χ4n) is 2.70. The lowest BCUT2D eigenvalue weighted by atomic mass is 10.2. The zero-order chi connectivity index (χ0) is 17.6. The Morgan fingerprint density at radius 2 is 2.12 bits per heavy atom. The van der Waals surface area contributed by atoms with Crippen molar-refractivity contribution in [3.63, 3.8) is 0 Å². The van der Waals surface area contributed by atoms with Gasteiger partial charge in [0.2, 0.25) is 5.91 Å². The molecule has 1 aromatic heterocycles. The molecule has 1 fully saturated rings. The average Bonchev–Trinajstić information content (AvgIpc) is 3.13. The van der Waals surface area contributed by atoms with E-state index in [1.165, 1.54) is 6.26 Å². The minimum Gasteiger partial charge on any atom is -0.364 e. The molecule has 25 heavy (non-hydrogen) atoms. The number of piperazine rings is 1. The maximum Gasteiger partial charge on any atom is 0.242 e. The second-order valence-electron chi connectivity index (χ2n) is 5.75. The molecule has 8 heteroatoms. The normalized spacial score (nSPS) is 15.6. The van der Waals surface area contributed by atoms with Gasteiger partial charge in [-0.1, -0.05) is 28.9 Å². The molecule has 0 atom stereocenters. The van der Waals surface area contributed by atoms with Gasteiger partial charge >= 0.3 is 0 Å². The summed E-state index contributed by atoms with van der Waals surface area (Å²) in [4.78, 5) is 20.5. The number of benzene rings is 1. The molecule has 132 valence electrons. The van der Waals surface area contributed by atoms with Crippen molar-refractivity contribution in [1.29, 1.82) is 0 Å². The summed E-state index contributed by atoms with van der Waals surface area (Å²) in [5, 5.41) is 7.75. The van der Waals surface area contributed by atoms with Crippen molar-refractivity contribution >= 4 is 23.5 Å². The van der Waals surface area contributed by atoms with Crippen LogP contribution in [0.4, 0.5) is 0 Å². The van der Waals surface area contributed by atoms with Crippen molar-refractivity contribution < 1.29 is 9.32 Å². The molecule has 7 nitrogen and oxygen atoms in total. The van der Waals surface area contributed by atoms with Gasteiger partial charge in [-0.25, -0.2) is 0 Å². The fourth-order valence-corrected chi connectivity index (χ4v) is 2.82. The van der Waals surface area contributed by atoms with Crippen LogP contribution in [0.2, 0.25) is 5.02 Å². The van der Waals surface area contributed by atoms with Gasteiger partial charge in [-0.2, -0.15) is 0 Å². The molecule has 3 rings (SSSR count). The van der Waals surface area contributed by atoms with E-state index in [0.29, 0.717) is 37.2 Å². The van der Waals surface area contributed by atoms with Gasteiger partial charge < -0.3 is 19.6 Å². The number of carbonyl (C=O) groups is 1. The monoisotopic (exact) mass is 361 g/mol. The van der Waals surface area contributed by atoms with Crippen molar-refractivity contribution in [1.82, 2.24) is 20.3 Å². The Morgan fingerprint density at radius 1 is 1.32 bits per heavy atom.